The van der Waals surface area contributed by atoms with Crippen LogP contribution in [0.2, 0.25) is 0 Å². The molecular formula is C32H50N2O4. The summed E-state index contributed by atoms with van der Waals surface area (Å²) in [5, 5.41) is 9.49. The molecule has 0 radical (unpaired) electrons. The maximum Gasteiger partial charge on any atom is 0.306 e. The first-order chi connectivity index (χ1) is 17.7. The highest BCUT2D eigenvalue weighted by molar-refractivity contribution is 5.72. The zero-order chi connectivity index (χ0) is 27.9. The van der Waals surface area contributed by atoms with E-state index in [-0.39, 0.29) is 22.8 Å². The minimum atomic E-state index is -0.496. The minimum absolute atomic E-state index is 0.143. The summed E-state index contributed by atoms with van der Waals surface area (Å²) in [6, 6.07) is 0. The molecule has 0 spiro atoms. The predicted molar refractivity (Wildman–Crippen MR) is 150 cm³/mol. The normalized spacial score (nSPS) is 34.1. The van der Waals surface area contributed by atoms with Crippen LogP contribution in [0.1, 0.15) is 107 Å². The molecule has 212 valence electrons. The van der Waals surface area contributed by atoms with E-state index in [9.17, 15) is 9.59 Å². The second kappa shape index (κ2) is 10.5. The number of hydrogen-bond donors (Lipinski definition) is 0. The van der Waals surface area contributed by atoms with E-state index in [1.807, 2.05) is 41.5 Å². The summed E-state index contributed by atoms with van der Waals surface area (Å²) in [7, 11) is 0. The van der Waals surface area contributed by atoms with Gasteiger partial charge in [-0.15, -0.1) is 0 Å². The van der Waals surface area contributed by atoms with E-state index < -0.39 is 11.2 Å². The van der Waals surface area contributed by atoms with Crippen LogP contribution in [0.15, 0.2) is 33.5 Å². The second-order valence-corrected chi connectivity index (χ2v) is 14.6. The van der Waals surface area contributed by atoms with E-state index >= 15 is 0 Å². The molecule has 0 N–H and O–H groups in total. The first-order valence-corrected chi connectivity index (χ1v) is 14.8. The lowest BCUT2D eigenvalue weighted by molar-refractivity contribution is -0.163. The fraction of sp³-hybridized carbons (Fsp3) is 0.812. The molecule has 4 aliphatic rings. The number of carbonyl (C=O) groups excluding carboxylic acids is 2. The third kappa shape index (κ3) is 6.25. The van der Waals surface area contributed by atoms with Crippen molar-refractivity contribution in [3.8, 4) is 0 Å². The maximum absolute atomic E-state index is 12.9. The van der Waals surface area contributed by atoms with Crippen LogP contribution in [0.4, 0.5) is 0 Å². The second-order valence-electron chi connectivity index (χ2n) is 14.6. The fourth-order valence-electron chi connectivity index (χ4n) is 7.66. The van der Waals surface area contributed by atoms with Gasteiger partial charge in [0.1, 0.15) is 11.2 Å². The van der Waals surface area contributed by atoms with Crippen molar-refractivity contribution in [1.29, 1.82) is 0 Å². The number of azo groups is 1. The van der Waals surface area contributed by atoms with Crippen molar-refractivity contribution in [3.05, 3.63) is 23.3 Å². The maximum atomic E-state index is 12.9. The first kappa shape index (κ1) is 29.0. The Morgan fingerprint density at radius 2 is 1.13 bits per heavy atom. The minimum Gasteiger partial charge on any atom is -0.460 e. The molecule has 2 saturated carbocycles. The molecule has 0 unspecified atom stereocenters. The molecule has 6 atom stereocenters. The lowest BCUT2D eigenvalue weighted by Crippen LogP contribution is -2.50. The van der Waals surface area contributed by atoms with Gasteiger partial charge in [-0.05, 0) is 104 Å². The molecule has 2 fully saturated rings. The number of hydrogen-bond acceptors (Lipinski definition) is 6. The average molecular weight is 527 g/mol. The van der Waals surface area contributed by atoms with Gasteiger partial charge in [0, 0.05) is 10.8 Å². The number of esters is 2. The summed E-state index contributed by atoms with van der Waals surface area (Å²) >= 11 is 0. The van der Waals surface area contributed by atoms with Crippen LogP contribution in [0.5, 0.6) is 0 Å². The molecule has 6 heteroatoms. The largest absolute Gasteiger partial charge is 0.460 e. The number of nitrogens with zero attached hydrogens (tertiary/aromatic N) is 2. The van der Waals surface area contributed by atoms with E-state index in [0.717, 1.165) is 38.5 Å². The highest BCUT2D eigenvalue weighted by Gasteiger charge is 2.57. The fourth-order valence-corrected chi connectivity index (χ4v) is 7.66. The molecule has 4 aliphatic carbocycles. The highest BCUT2D eigenvalue weighted by atomic mass is 16.6. The van der Waals surface area contributed by atoms with Crippen molar-refractivity contribution in [2.75, 3.05) is 13.1 Å². The summed E-state index contributed by atoms with van der Waals surface area (Å²) in [6.07, 6.45) is 12.0. The lowest BCUT2D eigenvalue weighted by Gasteiger charge is -2.52. The van der Waals surface area contributed by atoms with Gasteiger partial charge in [0.25, 0.3) is 0 Å². The molecule has 0 amide bonds. The van der Waals surface area contributed by atoms with Crippen LogP contribution in [-0.2, 0) is 19.1 Å². The molecule has 0 aliphatic heterocycles. The van der Waals surface area contributed by atoms with E-state index in [1.165, 1.54) is 11.1 Å². The van der Waals surface area contributed by atoms with Crippen LogP contribution in [0.25, 0.3) is 0 Å². The quantitative estimate of drug-likeness (QED) is 0.167. The van der Waals surface area contributed by atoms with Gasteiger partial charge in [0.15, 0.2) is 0 Å². The number of rotatable bonds is 10. The van der Waals surface area contributed by atoms with Gasteiger partial charge >= 0.3 is 11.9 Å². The molecule has 38 heavy (non-hydrogen) atoms. The molecule has 4 rings (SSSR count). The van der Waals surface area contributed by atoms with Crippen LogP contribution < -0.4 is 0 Å². The van der Waals surface area contributed by atoms with Gasteiger partial charge in [0.05, 0.1) is 25.9 Å². The summed E-state index contributed by atoms with van der Waals surface area (Å²) in [5.74, 6) is 1.69. The number of fused-ring (bicyclic) bond motifs is 2. The molecular weight excluding hydrogens is 476 g/mol. The Morgan fingerprint density at radius 1 is 0.763 bits per heavy atom. The molecule has 0 aromatic carbocycles. The Balaban J connectivity index is 1.47. The monoisotopic (exact) mass is 526 g/mol. The Bertz CT molecular complexity index is 933. The first-order valence-electron chi connectivity index (χ1n) is 14.8. The third-order valence-electron chi connectivity index (χ3n) is 9.26. The predicted octanol–water partition coefficient (Wildman–Crippen LogP) is 7.63. The Labute approximate surface area is 230 Å². The Morgan fingerprint density at radius 3 is 1.45 bits per heavy atom. The van der Waals surface area contributed by atoms with Gasteiger partial charge in [-0.2, -0.15) is 10.2 Å². The molecule has 0 aromatic heterocycles. The van der Waals surface area contributed by atoms with Crippen molar-refractivity contribution in [2.24, 2.45) is 44.7 Å². The molecule has 6 nitrogen and oxygen atoms in total. The summed E-state index contributed by atoms with van der Waals surface area (Å²) in [5.41, 5.74) is 1.58. The van der Waals surface area contributed by atoms with Crippen molar-refractivity contribution in [2.45, 2.75) is 118 Å². The topological polar surface area (TPSA) is 77.3 Å². The SMILES string of the molecule is CCC1=C[C@@H]2[C@H](C1)C[C@]2(CN=NC[C@]1(CC(=O)OC(C)(C)C)C[C@H]2CC(CC)=C[C@H]21)CC(=O)OC(C)(C)C. The number of allylic oxidation sites excluding steroid dienone is 4. The van der Waals surface area contributed by atoms with Crippen molar-refractivity contribution >= 4 is 11.9 Å². The summed E-state index contributed by atoms with van der Waals surface area (Å²) < 4.78 is 11.4. The zero-order valence-corrected chi connectivity index (χ0v) is 25.1. The molecule has 0 aromatic rings. The van der Waals surface area contributed by atoms with Gasteiger partial charge in [-0.1, -0.05) is 37.1 Å². The molecule has 0 heterocycles. The highest BCUT2D eigenvalue weighted by Crippen LogP contribution is 2.62. The van der Waals surface area contributed by atoms with Gasteiger partial charge < -0.3 is 9.47 Å². The summed E-state index contributed by atoms with van der Waals surface area (Å²) in [6.45, 7) is 17.0. The third-order valence-corrected chi connectivity index (χ3v) is 9.26. The molecule has 0 bridgehead atoms. The Hall–Kier alpha value is -1.98. The van der Waals surface area contributed by atoms with Crippen LogP contribution in [-0.4, -0.2) is 36.2 Å². The van der Waals surface area contributed by atoms with E-state index in [0.29, 0.717) is 49.6 Å². The van der Waals surface area contributed by atoms with Gasteiger partial charge in [-0.25, -0.2) is 0 Å². The lowest BCUT2D eigenvalue weighted by atomic mass is 9.53. The van der Waals surface area contributed by atoms with Crippen molar-refractivity contribution in [3.63, 3.8) is 0 Å². The Kier molecular flexibility index (Phi) is 8.05. The van der Waals surface area contributed by atoms with E-state index in [4.69, 9.17) is 19.7 Å². The van der Waals surface area contributed by atoms with Crippen LogP contribution in [0, 0.1) is 34.5 Å². The van der Waals surface area contributed by atoms with E-state index in [1.54, 1.807) is 0 Å². The smallest absolute Gasteiger partial charge is 0.306 e. The van der Waals surface area contributed by atoms with Gasteiger partial charge in [-0.3, -0.25) is 9.59 Å². The van der Waals surface area contributed by atoms with E-state index in [2.05, 4.69) is 26.0 Å². The van der Waals surface area contributed by atoms with Crippen molar-refractivity contribution in [1.82, 2.24) is 0 Å². The van der Waals surface area contributed by atoms with Crippen LogP contribution >= 0.6 is 0 Å². The number of ether oxygens (including phenoxy) is 2. The zero-order valence-electron chi connectivity index (χ0n) is 25.1. The summed E-state index contributed by atoms with van der Waals surface area (Å²) in [4.78, 5) is 25.8. The average Bonchev–Trinajstić information content (AvgIpc) is 3.30. The van der Waals surface area contributed by atoms with Crippen LogP contribution in [0.3, 0.4) is 0 Å². The standard InChI is InChI=1S/C32H50N2O4/c1-9-21-11-23-15-31(25(23)13-21,17-27(35)37-29(3,4)5)19-33-34-20-32(18-28(36)38-30(6,7)8)16-24-12-22(10-2)14-26(24)32/h13-14,23-26H,9-12,15-20H2,1-8H3/t23-,24-,25-,26-,31-,32-/m1/s1. The van der Waals surface area contributed by atoms with Gasteiger partial charge in [0.2, 0.25) is 0 Å². The molecule has 0 saturated heterocycles. The van der Waals surface area contributed by atoms with Crippen molar-refractivity contribution < 1.29 is 19.1 Å². The number of carbonyl (C=O) groups is 2.